The number of ether oxygens (including phenoxy) is 1. The Morgan fingerprint density at radius 1 is 1.19 bits per heavy atom. The van der Waals surface area contributed by atoms with Crippen LogP contribution in [0.15, 0.2) is 66.2 Å². The molecule has 0 spiro atoms. The Bertz CT molecular complexity index is 1680. The topological polar surface area (TPSA) is 119 Å². The number of nitrogen functional groups attached to an aromatic ring is 1. The third-order valence-electron chi connectivity index (χ3n) is 6.00. The lowest BCUT2D eigenvalue weighted by Crippen LogP contribution is -2.16. The number of nitrogens with one attached hydrogen (secondary N) is 1. The number of rotatable bonds is 6. The minimum Gasteiger partial charge on any atom is -0.495 e. The lowest BCUT2D eigenvalue weighted by molar-refractivity contribution is -0.131. The van der Waals surface area contributed by atoms with Crippen LogP contribution in [-0.2, 0) is 11.8 Å². The number of fused-ring (bicyclic) bond motifs is 2. The zero-order chi connectivity index (χ0) is 25.4. The summed E-state index contributed by atoms with van der Waals surface area (Å²) >= 11 is 1.45. The van der Waals surface area contributed by atoms with Crippen molar-refractivity contribution in [3.63, 3.8) is 0 Å². The van der Waals surface area contributed by atoms with E-state index in [9.17, 15) is 9.59 Å². The molecule has 0 aliphatic rings. The summed E-state index contributed by atoms with van der Waals surface area (Å²) in [4.78, 5) is 28.3. The SMILES string of the molecule is COc1cc(-c2csc3c(C=CC(=O)O)cnc(N)c23)ccc1NC(=O)c1cc2ccccc2n1C. The van der Waals surface area contributed by atoms with Crippen LogP contribution in [0.2, 0.25) is 0 Å². The lowest BCUT2D eigenvalue weighted by atomic mass is 10.0. The van der Waals surface area contributed by atoms with Crippen LogP contribution >= 0.6 is 11.3 Å². The minimum atomic E-state index is -1.04. The molecule has 0 fully saturated rings. The van der Waals surface area contributed by atoms with Crippen LogP contribution in [0.5, 0.6) is 5.75 Å². The first-order chi connectivity index (χ1) is 17.4. The van der Waals surface area contributed by atoms with E-state index in [2.05, 4.69) is 10.3 Å². The number of para-hydroxylation sites is 1. The Kier molecular flexibility index (Phi) is 5.91. The number of anilines is 2. The van der Waals surface area contributed by atoms with E-state index in [0.29, 0.717) is 28.5 Å². The van der Waals surface area contributed by atoms with Crippen molar-refractivity contribution < 1.29 is 19.4 Å². The Balaban J connectivity index is 1.50. The number of carboxylic acids is 1. The Morgan fingerprint density at radius 3 is 2.75 bits per heavy atom. The van der Waals surface area contributed by atoms with Gasteiger partial charge >= 0.3 is 5.97 Å². The summed E-state index contributed by atoms with van der Waals surface area (Å²) in [6.45, 7) is 0. The summed E-state index contributed by atoms with van der Waals surface area (Å²) in [5.41, 5.74) is 10.6. The number of benzene rings is 2. The molecule has 0 atom stereocenters. The molecule has 180 valence electrons. The van der Waals surface area contributed by atoms with Crippen LogP contribution in [0.1, 0.15) is 16.1 Å². The van der Waals surface area contributed by atoms with Crippen LogP contribution in [0, 0.1) is 0 Å². The normalized spacial score (nSPS) is 11.4. The molecule has 5 rings (SSSR count). The van der Waals surface area contributed by atoms with Gasteiger partial charge in [0.1, 0.15) is 17.3 Å². The molecule has 0 radical (unpaired) electrons. The lowest BCUT2D eigenvalue weighted by Gasteiger charge is -2.13. The molecule has 4 N–H and O–H groups in total. The number of hydrogen-bond acceptors (Lipinski definition) is 6. The number of pyridine rings is 1. The number of amides is 1. The van der Waals surface area contributed by atoms with Crippen LogP contribution in [-0.4, -0.2) is 33.6 Å². The number of hydrogen-bond donors (Lipinski definition) is 3. The number of nitrogens with zero attached hydrogens (tertiary/aromatic N) is 2. The van der Waals surface area contributed by atoms with Crippen molar-refractivity contribution in [2.24, 2.45) is 7.05 Å². The summed E-state index contributed by atoms with van der Waals surface area (Å²) in [7, 11) is 3.40. The highest BCUT2D eigenvalue weighted by Gasteiger charge is 2.18. The first-order valence-corrected chi connectivity index (χ1v) is 11.9. The summed E-state index contributed by atoms with van der Waals surface area (Å²) in [5.74, 6) is -0.445. The van der Waals surface area contributed by atoms with Gasteiger partial charge in [-0.2, -0.15) is 0 Å². The van der Waals surface area contributed by atoms with E-state index in [4.69, 9.17) is 15.6 Å². The van der Waals surface area contributed by atoms with Gasteiger partial charge in [0.25, 0.3) is 5.91 Å². The van der Waals surface area contributed by atoms with Crippen molar-refractivity contribution >= 4 is 61.8 Å². The van der Waals surface area contributed by atoms with Crippen LogP contribution in [0.4, 0.5) is 11.5 Å². The molecule has 0 bridgehead atoms. The molecule has 0 aliphatic heterocycles. The van der Waals surface area contributed by atoms with E-state index in [1.165, 1.54) is 17.4 Å². The van der Waals surface area contributed by atoms with Crippen molar-refractivity contribution in [1.29, 1.82) is 0 Å². The Labute approximate surface area is 210 Å². The molecule has 0 unspecified atom stereocenters. The van der Waals surface area contributed by atoms with Crippen molar-refractivity contribution in [3.05, 3.63) is 77.4 Å². The highest BCUT2D eigenvalue weighted by molar-refractivity contribution is 7.18. The fourth-order valence-corrected chi connectivity index (χ4v) is 5.31. The molecule has 5 aromatic rings. The van der Waals surface area contributed by atoms with Gasteiger partial charge < -0.3 is 25.5 Å². The Hall–Kier alpha value is -4.63. The third-order valence-corrected chi connectivity index (χ3v) is 7.03. The average Bonchev–Trinajstić information content (AvgIpc) is 3.47. The maximum Gasteiger partial charge on any atom is 0.328 e. The monoisotopic (exact) mass is 498 g/mol. The molecule has 36 heavy (non-hydrogen) atoms. The number of carbonyl (C=O) groups is 2. The van der Waals surface area contributed by atoms with Crippen LogP contribution < -0.4 is 15.8 Å². The molecular formula is C27H22N4O4S. The summed E-state index contributed by atoms with van der Waals surface area (Å²) in [6.07, 6.45) is 4.13. The van der Waals surface area contributed by atoms with Gasteiger partial charge in [0.05, 0.1) is 12.8 Å². The van der Waals surface area contributed by atoms with Crippen molar-refractivity contribution in [2.45, 2.75) is 0 Å². The zero-order valence-corrected chi connectivity index (χ0v) is 20.3. The summed E-state index contributed by atoms with van der Waals surface area (Å²) in [5, 5.41) is 15.6. The molecule has 2 aromatic carbocycles. The second-order valence-electron chi connectivity index (χ2n) is 8.14. The van der Waals surface area contributed by atoms with E-state index in [-0.39, 0.29) is 5.91 Å². The quantitative estimate of drug-likeness (QED) is 0.270. The van der Waals surface area contributed by atoms with Gasteiger partial charge in [-0.05, 0) is 41.3 Å². The number of aromatic nitrogens is 2. The summed E-state index contributed by atoms with van der Waals surface area (Å²) < 4.78 is 8.29. The highest BCUT2D eigenvalue weighted by atomic mass is 32.1. The number of thiophene rings is 1. The van der Waals surface area contributed by atoms with E-state index < -0.39 is 5.97 Å². The largest absolute Gasteiger partial charge is 0.495 e. The first kappa shape index (κ1) is 23.1. The standard InChI is InChI=1S/C27H22N4O4S/c1-31-20-6-4-3-5-16(20)11-21(31)27(34)30-19-9-7-15(12-22(19)35-2)18-14-36-25-17(8-10-23(32)33)13-29-26(28)24(18)25/h3-14H,1-2H3,(H2,28,29)(H,30,34)(H,32,33). The minimum absolute atomic E-state index is 0.246. The van der Waals surface area contributed by atoms with Gasteiger partial charge in [0.2, 0.25) is 0 Å². The van der Waals surface area contributed by atoms with Gasteiger partial charge in [-0.15, -0.1) is 11.3 Å². The number of carboxylic acid groups (broad SMARTS) is 1. The van der Waals surface area contributed by atoms with Crippen molar-refractivity contribution in [3.8, 4) is 16.9 Å². The number of aryl methyl sites for hydroxylation is 1. The fourth-order valence-electron chi connectivity index (χ4n) is 4.23. The molecule has 0 aliphatic carbocycles. The third kappa shape index (κ3) is 4.05. The molecule has 8 nitrogen and oxygen atoms in total. The van der Waals surface area contributed by atoms with Crippen LogP contribution in [0.25, 0.3) is 38.2 Å². The second-order valence-corrected chi connectivity index (χ2v) is 9.02. The highest BCUT2D eigenvalue weighted by Crippen LogP contribution is 2.41. The van der Waals surface area contributed by atoms with E-state index >= 15 is 0 Å². The number of nitrogens with two attached hydrogens (primary N) is 1. The van der Waals surface area contributed by atoms with E-state index in [1.807, 2.05) is 59.5 Å². The molecule has 0 saturated carbocycles. The van der Waals surface area contributed by atoms with Gasteiger partial charge in [-0.25, -0.2) is 9.78 Å². The van der Waals surface area contributed by atoms with Gasteiger partial charge in [-0.1, -0.05) is 24.3 Å². The van der Waals surface area contributed by atoms with Crippen LogP contribution in [0.3, 0.4) is 0 Å². The predicted octanol–water partition coefficient (Wildman–Crippen LogP) is 5.40. The van der Waals surface area contributed by atoms with Gasteiger partial charge in [-0.3, -0.25) is 4.79 Å². The number of aliphatic carboxylic acids is 1. The van der Waals surface area contributed by atoms with Gasteiger partial charge in [0.15, 0.2) is 0 Å². The van der Waals surface area contributed by atoms with Crippen molar-refractivity contribution in [2.75, 3.05) is 18.2 Å². The Morgan fingerprint density at radius 2 is 2.00 bits per heavy atom. The number of carbonyl (C=O) groups excluding carboxylic acids is 1. The van der Waals surface area contributed by atoms with Crippen molar-refractivity contribution in [1.82, 2.24) is 9.55 Å². The van der Waals surface area contributed by atoms with E-state index in [1.54, 1.807) is 19.4 Å². The second kappa shape index (κ2) is 9.20. The smallest absolute Gasteiger partial charge is 0.328 e. The molecular weight excluding hydrogens is 476 g/mol. The molecule has 9 heteroatoms. The number of methoxy groups -OCH3 is 1. The van der Waals surface area contributed by atoms with E-state index in [0.717, 1.165) is 38.2 Å². The fraction of sp³-hybridized carbons (Fsp3) is 0.0741. The molecule has 1 amide bonds. The molecule has 0 saturated heterocycles. The molecule has 3 aromatic heterocycles. The maximum absolute atomic E-state index is 13.1. The maximum atomic E-state index is 13.1. The zero-order valence-electron chi connectivity index (χ0n) is 19.5. The molecule has 3 heterocycles. The average molecular weight is 499 g/mol. The van der Waals surface area contributed by atoms with Gasteiger partial charge in [0, 0.05) is 51.4 Å². The first-order valence-electron chi connectivity index (χ1n) is 11.0. The predicted molar refractivity (Wildman–Crippen MR) is 144 cm³/mol. The summed E-state index contributed by atoms with van der Waals surface area (Å²) in [6, 6.07) is 15.2.